The van der Waals surface area contributed by atoms with E-state index in [4.69, 9.17) is 0 Å². The fourth-order valence-electron chi connectivity index (χ4n) is 2.95. The van der Waals surface area contributed by atoms with Crippen molar-refractivity contribution < 1.29 is 0 Å². The first kappa shape index (κ1) is 14.8. The van der Waals surface area contributed by atoms with Crippen LogP contribution in [-0.4, -0.2) is 38.9 Å². The van der Waals surface area contributed by atoms with Gasteiger partial charge in [0.25, 0.3) is 5.56 Å². The third kappa shape index (κ3) is 3.19. The summed E-state index contributed by atoms with van der Waals surface area (Å²) in [5.41, 5.74) is 1.07. The van der Waals surface area contributed by atoms with Crippen LogP contribution in [0.25, 0.3) is 0 Å². The Bertz CT molecular complexity index is 664. The molecule has 0 spiro atoms. The molecule has 7 nitrogen and oxygen atoms in total. The van der Waals surface area contributed by atoms with Gasteiger partial charge in [-0.25, -0.2) is 4.98 Å². The van der Waals surface area contributed by atoms with Gasteiger partial charge < -0.3 is 15.2 Å². The molecule has 22 heavy (non-hydrogen) atoms. The maximum atomic E-state index is 11.9. The molecule has 1 aliphatic rings. The third-order valence-corrected chi connectivity index (χ3v) is 4.09. The molecule has 0 aliphatic carbocycles. The number of anilines is 1. The van der Waals surface area contributed by atoms with Crippen molar-refractivity contribution in [2.45, 2.75) is 38.9 Å². The standard InChI is InChI=1S/C15H22N6O/c1-2-21-13(5-6-19-21)10-18-12-4-3-9-20(11-12)14-15(22)17-8-7-16-14/h5-8,12,18H,2-4,9-11H2,1H3,(H,17,22). The lowest BCUT2D eigenvalue weighted by Crippen LogP contribution is -2.47. The van der Waals surface area contributed by atoms with Crippen LogP contribution in [0.1, 0.15) is 25.5 Å². The van der Waals surface area contributed by atoms with Crippen molar-refractivity contribution in [1.82, 2.24) is 25.1 Å². The molecule has 0 radical (unpaired) electrons. The summed E-state index contributed by atoms with van der Waals surface area (Å²) < 4.78 is 2.00. The maximum Gasteiger partial charge on any atom is 0.290 e. The normalized spacial score (nSPS) is 18.6. The summed E-state index contributed by atoms with van der Waals surface area (Å²) in [5.74, 6) is 0.521. The summed E-state index contributed by atoms with van der Waals surface area (Å²) in [6.45, 7) is 5.45. The minimum Gasteiger partial charge on any atom is -0.350 e. The fourth-order valence-corrected chi connectivity index (χ4v) is 2.95. The van der Waals surface area contributed by atoms with Crippen LogP contribution >= 0.6 is 0 Å². The molecular weight excluding hydrogens is 280 g/mol. The van der Waals surface area contributed by atoms with Crippen LogP contribution in [0.5, 0.6) is 0 Å². The molecule has 3 rings (SSSR count). The molecule has 2 aromatic rings. The molecule has 1 fully saturated rings. The van der Waals surface area contributed by atoms with Crippen molar-refractivity contribution >= 4 is 5.82 Å². The molecule has 2 aromatic heterocycles. The maximum absolute atomic E-state index is 11.9. The zero-order valence-electron chi connectivity index (χ0n) is 12.8. The molecule has 7 heteroatoms. The fraction of sp³-hybridized carbons (Fsp3) is 0.533. The van der Waals surface area contributed by atoms with Gasteiger partial charge in [-0.2, -0.15) is 5.10 Å². The van der Waals surface area contributed by atoms with Gasteiger partial charge in [-0.15, -0.1) is 0 Å². The van der Waals surface area contributed by atoms with E-state index in [1.165, 1.54) is 5.69 Å². The number of hydrogen-bond donors (Lipinski definition) is 2. The van der Waals surface area contributed by atoms with Gasteiger partial charge in [-0.05, 0) is 25.8 Å². The van der Waals surface area contributed by atoms with E-state index in [2.05, 4.69) is 32.2 Å². The lowest BCUT2D eigenvalue weighted by molar-refractivity contribution is 0.412. The Hall–Kier alpha value is -2.15. The molecule has 2 N–H and O–H groups in total. The highest BCUT2D eigenvalue weighted by molar-refractivity contribution is 5.36. The van der Waals surface area contributed by atoms with E-state index in [1.54, 1.807) is 12.4 Å². The number of nitrogens with zero attached hydrogens (tertiary/aromatic N) is 4. The molecule has 1 aliphatic heterocycles. The molecular formula is C15H22N6O. The van der Waals surface area contributed by atoms with Crippen molar-refractivity contribution in [3.63, 3.8) is 0 Å². The monoisotopic (exact) mass is 302 g/mol. The van der Waals surface area contributed by atoms with Crippen molar-refractivity contribution in [3.05, 3.63) is 40.7 Å². The zero-order valence-corrected chi connectivity index (χ0v) is 12.8. The average Bonchev–Trinajstić information content (AvgIpc) is 3.01. The van der Waals surface area contributed by atoms with Gasteiger partial charge >= 0.3 is 0 Å². The van der Waals surface area contributed by atoms with Crippen LogP contribution in [0.15, 0.2) is 29.5 Å². The van der Waals surface area contributed by atoms with Crippen LogP contribution in [-0.2, 0) is 13.1 Å². The molecule has 0 amide bonds. The molecule has 0 saturated carbocycles. The minimum atomic E-state index is -0.118. The first-order valence-electron chi connectivity index (χ1n) is 7.80. The molecule has 1 unspecified atom stereocenters. The second-order valence-corrected chi connectivity index (χ2v) is 5.55. The third-order valence-electron chi connectivity index (χ3n) is 4.09. The first-order chi connectivity index (χ1) is 10.8. The van der Waals surface area contributed by atoms with Gasteiger partial charge in [0, 0.05) is 50.8 Å². The van der Waals surface area contributed by atoms with Gasteiger partial charge in [0.05, 0.1) is 5.69 Å². The van der Waals surface area contributed by atoms with E-state index < -0.39 is 0 Å². The smallest absolute Gasteiger partial charge is 0.290 e. The predicted molar refractivity (Wildman–Crippen MR) is 84.8 cm³/mol. The number of piperidine rings is 1. The Morgan fingerprint density at radius 3 is 3.18 bits per heavy atom. The molecule has 118 valence electrons. The highest BCUT2D eigenvalue weighted by Gasteiger charge is 2.22. The van der Waals surface area contributed by atoms with Gasteiger partial charge in [0.2, 0.25) is 0 Å². The highest BCUT2D eigenvalue weighted by atomic mass is 16.1. The van der Waals surface area contributed by atoms with Crippen molar-refractivity contribution in [2.24, 2.45) is 0 Å². The molecule has 0 aromatic carbocycles. The Labute approximate surface area is 129 Å². The summed E-state index contributed by atoms with van der Waals surface area (Å²) in [6.07, 6.45) is 7.20. The van der Waals surface area contributed by atoms with E-state index in [0.717, 1.165) is 39.0 Å². The average molecular weight is 302 g/mol. The van der Waals surface area contributed by atoms with Crippen molar-refractivity contribution in [3.8, 4) is 0 Å². The van der Waals surface area contributed by atoms with E-state index >= 15 is 0 Å². The second kappa shape index (κ2) is 6.74. The van der Waals surface area contributed by atoms with Crippen molar-refractivity contribution in [1.29, 1.82) is 0 Å². The summed E-state index contributed by atoms with van der Waals surface area (Å²) in [4.78, 5) is 20.8. The Kier molecular flexibility index (Phi) is 4.53. The van der Waals surface area contributed by atoms with Crippen LogP contribution < -0.4 is 15.8 Å². The number of H-pyrrole nitrogens is 1. The quantitative estimate of drug-likeness (QED) is 0.852. The van der Waals surface area contributed by atoms with E-state index in [1.807, 2.05) is 16.9 Å². The molecule has 1 saturated heterocycles. The number of aryl methyl sites for hydroxylation is 1. The summed E-state index contributed by atoms with van der Waals surface area (Å²) in [7, 11) is 0. The Morgan fingerprint density at radius 1 is 1.45 bits per heavy atom. The lowest BCUT2D eigenvalue weighted by Gasteiger charge is -2.33. The Balaban J connectivity index is 1.61. The number of aromatic nitrogens is 4. The number of rotatable bonds is 5. The summed E-state index contributed by atoms with van der Waals surface area (Å²) in [5, 5.41) is 7.86. The number of hydrogen-bond acceptors (Lipinski definition) is 5. The van der Waals surface area contributed by atoms with Crippen LogP contribution in [0, 0.1) is 0 Å². The van der Waals surface area contributed by atoms with E-state index in [-0.39, 0.29) is 5.56 Å². The van der Waals surface area contributed by atoms with Crippen molar-refractivity contribution in [2.75, 3.05) is 18.0 Å². The van der Waals surface area contributed by atoms with E-state index in [9.17, 15) is 4.79 Å². The topological polar surface area (TPSA) is 78.8 Å². The zero-order chi connectivity index (χ0) is 15.4. The largest absolute Gasteiger partial charge is 0.350 e. The van der Waals surface area contributed by atoms with Gasteiger partial charge in [0.15, 0.2) is 5.82 Å². The number of nitrogens with one attached hydrogen (secondary N) is 2. The van der Waals surface area contributed by atoms with Crippen LogP contribution in [0.3, 0.4) is 0 Å². The number of aromatic amines is 1. The molecule has 1 atom stereocenters. The Morgan fingerprint density at radius 2 is 2.36 bits per heavy atom. The van der Waals surface area contributed by atoms with Gasteiger partial charge in [-0.1, -0.05) is 0 Å². The van der Waals surface area contributed by atoms with E-state index in [0.29, 0.717) is 11.9 Å². The van der Waals surface area contributed by atoms with Crippen LogP contribution in [0.4, 0.5) is 5.82 Å². The summed E-state index contributed by atoms with van der Waals surface area (Å²) >= 11 is 0. The lowest BCUT2D eigenvalue weighted by atomic mass is 10.1. The van der Waals surface area contributed by atoms with Gasteiger partial charge in [0.1, 0.15) is 0 Å². The molecule has 0 bridgehead atoms. The highest BCUT2D eigenvalue weighted by Crippen LogP contribution is 2.14. The second-order valence-electron chi connectivity index (χ2n) is 5.55. The minimum absolute atomic E-state index is 0.118. The van der Waals surface area contributed by atoms with Gasteiger partial charge in [-0.3, -0.25) is 9.48 Å². The SMILES string of the molecule is CCn1nccc1CNC1CCCN(c2ncc[nH]c2=O)C1. The summed E-state index contributed by atoms with van der Waals surface area (Å²) in [6, 6.07) is 2.40. The predicted octanol–water partition coefficient (Wildman–Crippen LogP) is 0.745. The van der Waals surface area contributed by atoms with Crippen LogP contribution in [0.2, 0.25) is 0 Å². The first-order valence-corrected chi connectivity index (χ1v) is 7.80. The molecule has 3 heterocycles.